The van der Waals surface area contributed by atoms with Gasteiger partial charge in [-0.15, -0.1) is 0 Å². The summed E-state index contributed by atoms with van der Waals surface area (Å²) in [5.41, 5.74) is 14.2. The number of carbonyl (C=O) groups excluding carboxylic acids is 1. The van der Waals surface area contributed by atoms with Gasteiger partial charge in [-0.25, -0.2) is 9.79 Å². The van der Waals surface area contributed by atoms with Crippen molar-refractivity contribution < 1.29 is 4.79 Å². The summed E-state index contributed by atoms with van der Waals surface area (Å²) in [4.78, 5) is 23.5. The Labute approximate surface area is 159 Å². The van der Waals surface area contributed by atoms with E-state index in [9.17, 15) is 4.79 Å². The molecule has 142 valence electrons. The number of nitrogens with two attached hydrogens (primary N) is 2. The number of hydrogen-bond acceptors (Lipinski definition) is 5. The van der Waals surface area contributed by atoms with E-state index >= 15 is 0 Å². The van der Waals surface area contributed by atoms with Crippen molar-refractivity contribution in [1.82, 2.24) is 14.7 Å². The highest BCUT2D eigenvalue weighted by Crippen LogP contribution is 2.27. The highest BCUT2D eigenvalue weighted by Gasteiger charge is 2.35. The van der Waals surface area contributed by atoms with Crippen LogP contribution in [0.2, 0.25) is 0 Å². The Hall–Kier alpha value is -2.64. The molecule has 3 heterocycles. The van der Waals surface area contributed by atoms with Crippen LogP contribution in [0, 0.1) is 0 Å². The molecule has 1 aromatic rings. The summed E-state index contributed by atoms with van der Waals surface area (Å²) in [5.74, 6) is 1.58. The first-order valence-corrected chi connectivity index (χ1v) is 9.48. The van der Waals surface area contributed by atoms with Crippen molar-refractivity contribution in [2.75, 3.05) is 19.6 Å². The molecule has 1 atom stereocenters. The van der Waals surface area contributed by atoms with E-state index in [1.54, 1.807) is 11.1 Å². The van der Waals surface area contributed by atoms with E-state index in [0.717, 1.165) is 42.9 Å². The molecule has 0 bridgehead atoms. The normalized spacial score (nSPS) is 22.5. The summed E-state index contributed by atoms with van der Waals surface area (Å²) < 4.78 is 0. The van der Waals surface area contributed by atoms with Crippen molar-refractivity contribution in [2.24, 2.45) is 16.5 Å². The second-order valence-corrected chi connectivity index (χ2v) is 7.18. The number of carbonyl (C=O) groups is 1. The second-order valence-electron chi connectivity index (χ2n) is 7.18. The van der Waals surface area contributed by atoms with E-state index in [-0.39, 0.29) is 12.1 Å². The molecule has 7 nitrogen and oxygen atoms in total. The molecule has 0 saturated carbocycles. The van der Waals surface area contributed by atoms with Gasteiger partial charge in [-0.3, -0.25) is 9.80 Å². The molecule has 1 saturated heterocycles. The topological polar surface area (TPSA) is 91.2 Å². The van der Waals surface area contributed by atoms with Crippen molar-refractivity contribution in [1.29, 1.82) is 0 Å². The fourth-order valence-electron chi connectivity index (χ4n) is 3.88. The fraction of sp³-hybridized carbons (Fsp3) is 0.400. The maximum atomic E-state index is 13.3. The van der Waals surface area contributed by atoms with Crippen LogP contribution in [-0.2, 0) is 13.1 Å². The quantitative estimate of drug-likeness (QED) is 0.846. The van der Waals surface area contributed by atoms with E-state index < -0.39 is 0 Å². The first-order chi connectivity index (χ1) is 13.2. The van der Waals surface area contributed by atoms with Crippen LogP contribution in [0.25, 0.3) is 0 Å². The van der Waals surface area contributed by atoms with Gasteiger partial charge in [0.15, 0.2) is 0 Å². The maximum absolute atomic E-state index is 13.3. The van der Waals surface area contributed by atoms with E-state index in [2.05, 4.69) is 9.89 Å². The van der Waals surface area contributed by atoms with Gasteiger partial charge in [0.2, 0.25) is 0 Å². The molecule has 7 heteroatoms. The van der Waals surface area contributed by atoms with Gasteiger partial charge in [0.1, 0.15) is 11.7 Å². The fourth-order valence-corrected chi connectivity index (χ4v) is 3.88. The Morgan fingerprint density at radius 3 is 2.81 bits per heavy atom. The van der Waals surface area contributed by atoms with Gasteiger partial charge in [-0.2, -0.15) is 0 Å². The summed E-state index contributed by atoms with van der Waals surface area (Å²) in [6.07, 6.45) is 7.70. The first kappa shape index (κ1) is 17.8. The number of benzene rings is 1. The predicted molar refractivity (Wildman–Crippen MR) is 105 cm³/mol. The summed E-state index contributed by atoms with van der Waals surface area (Å²) in [5, 5.41) is 0. The van der Waals surface area contributed by atoms with Crippen LogP contribution in [-0.4, -0.2) is 52.2 Å². The number of rotatable bonds is 4. The van der Waals surface area contributed by atoms with Gasteiger partial charge in [-0.1, -0.05) is 24.3 Å². The zero-order valence-corrected chi connectivity index (χ0v) is 15.4. The smallest absolute Gasteiger partial charge is 0.331 e. The van der Waals surface area contributed by atoms with Crippen LogP contribution in [0.5, 0.6) is 0 Å². The molecule has 1 unspecified atom stereocenters. The number of urea groups is 1. The lowest BCUT2D eigenvalue weighted by molar-refractivity contribution is 0.146. The van der Waals surface area contributed by atoms with Crippen LogP contribution in [0.4, 0.5) is 4.79 Å². The molecule has 0 aromatic heterocycles. The summed E-state index contributed by atoms with van der Waals surface area (Å²) >= 11 is 0. The molecule has 3 aliphatic rings. The molecular formula is C20H26N6O. The van der Waals surface area contributed by atoms with E-state index in [1.165, 1.54) is 0 Å². The Morgan fingerprint density at radius 1 is 1.22 bits per heavy atom. The minimum atomic E-state index is -0.0541. The maximum Gasteiger partial charge on any atom is 0.331 e. The van der Waals surface area contributed by atoms with Gasteiger partial charge in [0.05, 0.1) is 6.54 Å². The third-order valence-corrected chi connectivity index (χ3v) is 5.32. The number of hydrogen-bond donors (Lipinski definition) is 2. The predicted octanol–water partition coefficient (Wildman–Crippen LogP) is 1.57. The highest BCUT2D eigenvalue weighted by molar-refractivity contribution is 6.07. The van der Waals surface area contributed by atoms with Crippen LogP contribution in [0.1, 0.15) is 24.0 Å². The van der Waals surface area contributed by atoms with Crippen molar-refractivity contribution in [3.8, 4) is 0 Å². The van der Waals surface area contributed by atoms with E-state index in [1.807, 2.05) is 41.3 Å². The number of nitrogens with zero attached hydrogens (tertiary/aromatic N) is 4. The number of amidine groups is 1. The Morgan fingerprint density at radius 2 is 2.04 bits per heavy atom. The lowest BCUT2D eigenvalue weighted by atomic mass is 10.0. The average molecular weight is 366 g/mol. The summed E-state index contributed by atoms with van der Waals surface area (Å²) in [7, 11) is 0. The zero-order valence-electron chi connectivity index (χ0n) is 15.4. The van der Waals surface area contributed by atoms with Gasteiger partial charge < -0.3 is 16.4 Å². The van der Waals surface area contributed by atoms with E-state index in [0.29, 0.717) is 25.5 Å². The first-order valence-electron chi connectivity index (χ1n) is 9.48. The number of piperidine rings is 1. The van der Waals surface area contributed by atoms with Crippen molar-refractivity contribution >= 4 is 11.9 Å². The molecule has 1 aromatic carbocycles. The molecule has 3 aliphatic heterocycles. The Balaban J connectivity index is 1.71. The molecule has 1 fully saturated rings. The molecule has 2 amide bonds. The minimum absolute atomic E-state index is 0.0541. The van der Waals surface area contributed by atoms with Crippen LogP contribution >= 0.6 is 0 Å². The molecule has 27 heavy (non-hydrogen) atoms. The SMILES string of the molecule is NCc1ccccc1CN1C(=O)N2CC=CN=C2C=C1N1CCCC(N)C1. The lowest BCUT2D eigenvalue weighted by Gasteiger charge is -2.43. The van der Waals surface area contributed by atoms with Gasteiger partial charge in [0, 0.05) is 44.5 Å². The number of likely N-dealkylation sites (tertiary alicyclic amines) is 1. The molecule has 4 N–H and O–H groups in total. The lowest BCUT2D eigenvalue weighted by Crippen LogP contribution is -2.55. The molecule has 0 spiro atoms. The van der Waals surface area contributed by atoms with Crippen LogP contribution in [0.15, 0.2) is 53.4 Å². The Kier molecular flexibility index (Phi) is 4.96. The third-order valence-electron chi connectivity index (χ3n) is 5.32. The number of aliphatic imine (C=N–C) groups is 1. The van der Waals surface area contributed by atoms with Crippen molar-refractivity contribution in [3.05, 3.63) is 59.6 Å². The summed E-state index contributed by atoms with van der Waals surface area (Å²) in [6.45, 7) is 3.11. The van der Waals surface area contributed by atoms with Crippen molar-refractivity contribution in [3.63, 3.8) is 0 Å². The number of fused-ring (bicyclic) bond motifs is 1. The highest BCUT2D eigenvalue weighted by atomic mass is 16.2. The largest absolute Gasteiger partial charge is 0.356 e. The molecule has 4 rings (SSSR count). The standard InChI is InChI=1S/C20H26N6O/c21-12-15-5-1-2-6-16(15)13-26-19(24-9-3-7-17(22)14-24)11-18-23-8-4-10-25(18)20(26)27/h1-2,4-6,8,11,17H,3,7,9-10,12-14,21-22H2. The van der Waals surface area contributed by atoms with E-state index in [4.69, 9.17) is 11.5 Å². The second kappa shape index (κ2) is 7.54. The Bertz CT molecular complexity index is 814. The summed E-state index contributed by atoms with van der Waals surface area (Å²) in [6, 6.07) is 8.08. The minimum Gasteiger partial charge on any atom is -0.356 e. The monoisotopic (exact) mass is 366 g/mol. The van der Waals surface area contributed by atoms with Gasteiger partial charge in [0.25, 0.3) is 0 Å². The van der Waals surface area contributed by atoms with Crippen LogP contribution < -0.4 is 11.5 Å². The van der Waals surface area contributed by atoms with Crippen LogP contribution in [0.3, 0.4) is 0 Å². The number of amides is 2. The van der Waals surface area contributed by atoms with Gasteiger partial charge >= 0.3 is 6.03 Å². The van der Waals surface area contributed by atoms with Gasteiger partial charge in [-0.05, 0) is 30.0 Å². The molecule has 0 aliphatic carbocycles. The third kappa shape index (κ3) is 3.48. The molecular weight excluding hydrogens is 340 g/mol. The van der Waals surface area contributed by atoms with Crippen molar-refractivity contribution in [2.45, 2.75) is 32.0 Å². The zero-order chi connectivity index (χ0) is 18.8. The average Bonchev–Trinajstić information content (AvgIpc) is 2.70. The molecule has 0 radical (unpaired) electrons.